The fraction of sp³-hybridized carbons (Fsp3) is 0.158. The molecule has 0 fully saturated rings. The molecule has 0 bridgehead atoms. The summed E-state index contributed by atoms with van der Waals surface area (Å²) in [6, 6.07) is 14.9. The number of aryl methyl sites for hydroxylation is 1. The van der Waals surface area contributed by atoms with E-state index in [4.69, 9.17) is 16.1 Å². The van der Waals surface area contributed by atoms with E-state index in [0.29, 0.717) is 27.6 Å². The zero-order valence-corrected chi connectivity index (χ0v) is 16.1. The number of hydrogen-bond donors (Lipinski definition) is 1. The van der Waals surface area contributed by atoms with Crippen LogP contribution in [0, 0.1) is 6.92 Å². The Morgan fingerprint density at radius 3 is 2.56 bits per heavy atom. The standard InChI is InChI=1S/C19H16BrClN2O2/c1-11(13-7-9-14(20)10-8-13)22-19(24)17-12(2)25-23-18(17)15-5-3-4-6-16(15)21/h3-11H,1-2H3,(H,22,24). The van der Waals surface area contributed by atoms with Crippen LogP contribution in [0.4, 0.5) is 0 Å². The Morgan fingerprint density at radius 2 is 1.88 bits per heavy atom. The number of nitrogens with one attached hydrogen (secondary N) is 1. The second kappa shape index (κ2) is 7.42. The molecule has 1 heterocycles. The zero-order chi connectivity index (χ0) is 18.0. The van der Waals surface area contributed by atoms with Crippen LogP contribution in [-0.4, -0.2) is 11.1 Å². The summed E-state index contributed by atoms with van der Waals surface area (Å²) in [7, 11) is 0. The number of carbonyl (C=O) groups excluding carboxylic acids is 1. The Morgan fingerprint density at radius 1 is 1.20 bits per heavy atom. The van der Waals surface area contributed by atoms with Gasteiger partial charge in [0.05, 0.1) is 11.1 Å². The van der Waals surface area contributed by atoms with Crippen molar-refractivity contribution in [3.63, 3.8) is 0 Å². The molecule has 3 rings (SSSR count). The number of hydrogen-bond acceptors (Lipinski definition) is 3. The highest BCUT2D eigenvalue weighted by Crippen LogP contribution is 2.31. The maximum atomic E-state index is 12.8. The van der Waals surface area contributed by atoms with Crippen LogP contribution in [0.25, 0.3) is 11.3 Å². The molecule has 1 amide bonds. The average Bonchev–Trinajstić information content (AvgIpc) is 2.97. The summed E-state index contributed by atoms with van der Waals surface area (Å²) >= 11 is 9.65. The van der Waals surface area contributed by atoms with E-state index >= 15 is 0 Å². The van der Waals surface area contributed by atoms with E-state index in [1.807, 2.05) is 49.4 Å². The molecule has 1 N–H and O–H groups in total. The molecule has 0 saturated carbocycles. The van der Waals surface area contributed by atoms with Crippen molar-refractivity contribution in [2.75, 3.05) is 0 Å². The molecule has 0 aliphatic carbocycles. The molecule has 3 aromatic rings. The minimum Gasteiger partial charge on any atom is -0.360 e. The molecule has 128 valence electrons. The maximum Gasteiger partial charge on any atom is 0.257 e. The van der Waals surface area contributed by atoms with E-state index < -0.39 is 0 Å². The molecule has 0 aliphatic rings. The van der Waals surface area contributed by atoms with Gasteiger partial charge in [-0.15, -0.1) is 0 Å². The smallest absolute Gasteiger partial charge is 0.257 e. The lowest BCUT2D eigenvalue weighted by atomic mass is 10.0. The quantitative estimate of drug-likeness (QED) is 0.602. The molecule has 4 nitrogen and oxygen atoms in total. The highest BCUT2D eigenvalue weighted by molar-refractivity contribution is 9.10. The minimum absolute atomic E-state index is 0.158. The Kier molecular flexibility index (Phi) is 5.25. The van der Waals surface area contributed by atoms with Crippen molar-refractivity contribution in [1.29, 1.82) is 0 Å². The summed E-state index contributed by atoms with van der Waals surface area (Å²) in [5.41, 5.74) is 2.52. The highest BCUT2D eigenvalue weighted by Gasteiger charge is 2.24. The average molecular weight is 420 g/mol. The first-order valence-corrected chi connectivity index (χ1v) is 8.92. The van der Waals surface area contributed by atoms with Crippen molar-refractivity contribution in [2.45, 2.75) is 19.9 Å². The Balaban J connectivity index is 1.89. The molecule has 0 aliphatic heterocycles. The van der Waals surface area contributed by atoms with Crippen LogP contribution in [0.3, 0.4) is 0 Å². The van der Waals surface area contributed by atoms with E-state index in [1.54, 1.807) is 13.0 Å². The number of carbonyl (C=O) groups is 1. The van der Waals surface area contributed by atoms with Crippen molar-refractivity contribution in [1.82, 2.24) is 10.5 Å². The van der Waals surface area contributed by atoms with Crippen LogP contribution >= 0.6 is 27.5 Å². The van der Waals surface area contributed by atoms with E-state index in [9.17, 15) is 4.79 Å². The van der Waals surface area contributed by atoms with Gasteiger partial charge < -0.3 is 9.84 Å². The lowest BCUT2D eigenvalue weighted by Crippen LogP contribution is -2.27. The zero-order valence-electron chi connectivity index (χ0n) is 13.7. The van der Waals surface area contributed by atoms with Gasteiger partial charge in [0.15, 0.2) is 0 Å². The Hall–Kier alpha value is -2.11. The SMILES string of the molecule is Cc1onc(-c2ccccc2Cl)c1C(=O)NC(C)c1ccc(Br)cc1. The monoisotopic (exact) mass is 418 g/mol. The normalized spacial score (nSPS) is 12.0. The van der Waals surface area contributed by atoms with Gasteiger partial charge in [-0.2, -0.15) is 0 Å². The van der Waals surface area contributed by atoms with Crippen molar-refractivity contribution < 1.29 is 9.32 Å². The summed E-state index contributed by atoms with van der Waals surface area (Å²) in [6.45, 7) is 3.64. The number of aromatic nitrogens is 1. The third kappa shape index (κ3) is 3.78. The largest absolute Gasteiger partial charge is 0.360 e. The molecule has 0 spiro atoms. The minimum atomic E-state index is -0.246. The predicted octanol–water partition coefficient (Wildman–Crippen LogP) is 5.56. The fourth-order valence-electron chi connectivity index (χ4n) is 2.58. The summed E-state index contributed by atoms with van der Waals surface area (Å²) in [5.74, 6) is 0.208. The molecule has 1 aromatic heterocycles. The van der Waals surface area contributed by atoms with Gasteiger partial charge in [0.1, 0.15) is 17.0 Å². The van der Waals surface area contributed by atoms with Crippen LogP contribution in [-0.2, 0) is 0 Å². The summed E-state index contributed by atoms with van der Waals surface area (Å²) in [5, 5.41) is 7.54. The van der Waals surface area contributed by atoms with Crippen LogP contribution in [0.5, 0.6) is 0 Å². The molecule has 2 aromatic carbocycles. The molecule has 1 atom stereocenters. The van der Waals surface area contributed by atoms with Crippen molar-refractivity contribution >= 4 is 33.4 Å². The predicted molar refractivity (Wildman–Crippen MR) is 102 cm³/mol. The lowest BCUT2D eigenvalue weighted by molar-refractivity contribution is 0.0939. The van der Waals surface area contributed by atoms with Gasteiger partial charge in [-0.25, -0.2) is 0 Å². The van der Waals surface area contributed by atoms with Crippen LogP contribution in [0.2, 0.25) is 5.02 Å². The van der Waals surface area contributed by atoms with Gasteiger partial charge >= 0.3 is 0 Å². The van der Waals surface area contributed by atoms with Crippen LogP contribution in [0.15, 0.2) is 57.5 Å². The molecular weight excluding hydrogens is 404 g/mol. The third-order valence-electron chi connectivity index (χ3n) is 3.94. The number of benzene rings is 2. The van der Waals surface area contributed by atoms with Crippen molar-refractivity contribution in [2.24, 2.45) is 0 Å². The van der Waals surface area contributed by atoms with Gasteiger partial charge in [0, 0.05) is 10.0 Å². The van der Waals surface area contributed by atoms with Crippen molar-refractivity contribution in [3.8, 4) is 11.3 Å². The van der Waals surface area contributed by atoms with Gasteiger partial charge in [-0.05, 0) is 37.6 Å². The topological polar surface area (TPSA) is 55.1 Å². The molecular formula is C19H16BrClN2O2. The van der Waals surface area contributed by atoms with Crippen LogP contribution in [0.1, 0.15) is 34.6 Å². The van der Waals surface area contributed by atoms with E-state index in [-0.39, 0.29) is 11.9 Å². The molecule has 25 heavy (non-hydrogen) atoms. The number of rotatable bonds is 4. The molecule has 0 saturated heterocycles. The second-order valence-corrected chi connectivity index (χ2v) is 7.01. The van der Waals surface area contributed by atoms with Gasteiger partial charge in [-0.3, -0.25) is 4.79 Å². The first kappa shape index (κ1) is 17.7. The summed E-state index contributed by atoms with van der Waals surface area (Å²) in [4.78, 5) is 12.8. The number of halogens is 2. The Bertz CT molecular complexity index is 906. The van der Waals surface area contributed by atoms with E-state index in [1.165, 1.54) is 0 Å². The third-order valence-corrected chi connectivity index (χ3v) is 4.79. The summed E-state index contributed by atoms with van der Waals surface area (Å²) < 4.78 is 6.24. The van der Waals surface area contributed by atoms with Gasteiger partial charge in [0.2, 0.25) is 0 Å². The van der Waals surface area contributed by atoms with E-state index in [2.05, 4.69) is 26.4 Å². The van der Waals surface area contributed by atoms with Crippen molar-refractivity contribution in [3.05, 3.63) is 74.9 Å². The second-order valence-electron chi connectivity index (χ2n) is 5.69. The highest BCUT2D eigenvalue weighted by atomic mass is 79.9. The van der Waals surface area contributed by atoms with Gasteiger partial charge in [0.25, 0.3) is 5.91 Å². The first-order valence-electron chi connectivity index (χ1n) is 7.75. The molecule has 1 unspecified atom stereocenters. The van der Waals surface area contributed by atoms with E-state index in [0.717, 1.165) is 10.0 Å². The number of nitrogens with zero attached hydrogens (tertiary/aromatic N) is 1. The lowest BCUT2D eigenvalue weighted by Gasteiger charge is -2.14. The van der Waals surface area contributed by atoms with Gasteiger partial charge in [-0.1, -0.05) is 63.0 Å². The van der Waals surface area contributed by atoms with Crippen LogP contribution < -0.4 is 5.32 Å². The fourth-order valence-corrected chi connectivity index (χ4v) is 3.07. The summed E-state index contributed by atoms with van der Waals surface area (Å²) in [6.07, 6.45) is 0. The Labute approximate surface area is 159 Å². The maximum absolute atomic E-state index is 12.8. The molecule has 6 heteroatoms. The number of amides is 1. The first-order chi connectivity index (χ1) is 12.0. The molecule has 0 radical (unpaired) electrons.